The summed E-state index contributed by atoms with van der Waals surface area (Å²) in [6.45, 7) is 4.22. The maximum atomic E-state index is 12.0. The molecule has 1 rings (SSSR count). The lowest BCUT2D eigenvalue weighted by atomic mass is 10.1. The third-order valence-electron chi connectivity index (χ3n) is 3.09. The van der Waals surface area contributed by atoms with Crippen molar-refractivity contribution in [1.82, 2.24) is 10.2 Å². The molecule has 0 aliphatic rings. The molecule has 0 aromatic heterocycles. The highest BCUT2D eigenvalue weighted by Gasteiger charge is 2.16. The molecule has 0 spiro atoms. The van der Waals surface area contributed by atoms with Crippen LogP contribution >= 0.6 is 35.6 Å². The number of aliphatic carboxylic acids is 1. The van der Waals surface area contributed by atoms with E-state index >= 15 is 0 Å². The lowest BCUT2D eigenvalue weighted by Gasteiger charge is -2.21. The Bertz CT molecular complexity index is 541. The van der Waals surface area contributed by atoms with E-state index in [2.05, 4.69) is 5.32 Å². The molecule has 1 unspecified atom stereocenters. The van der Waals surface area contributed by atoms with Crippen molar-refractivity contribution in [3.05, 3.63) is 33.8 Å². The predicted octanol–water partition coefficient (Wildman–Crippen LogP) is 3.39. The van der Waals surface area contributed by atoms with E-state index < -0.39 is 5.97 Å². The first-order valence-electron chi connectivity index (χ1n) is 7.02. The molecule has 8 heteroatoms. The molecule has 0 saturated carbocycles. The highest BCUT2D eigenvalue weighted by atomic mass is 35.5. The Morgan fingerprint density at radius 3 is 2.43 bits per heavy atom. The van der Waals surface area contributed by atoms with Crippen LogP contribution in [0.1, 0.15) is 31.9 Å². The maximum Gasteiger partial charge on any atom is 0.317 e. The summed E-state index contributed by atoms with van der Waals surface area (Å²) in [5.41, 5.74) is 0.836. The Labute approximate surface area is 152 Å². The van der Waals surface area contributed by atoms with Crippen molar-refractivity contribution in [2.45, 2.75) is 26.3 Å². The number of carboxylic acid groups (broad SMARTS) is 1. The van der Waals surface area contributed by atoms with Crippen LogP contribution in [0.3, 0.4) is 0 Å². The summed E-state index contributed by atoms with van der Waals surface area (Å²) >= 11 is 11.8. The van der Waals surface area contributed by atoms with Crippen molar-refractivity contribution in [2.75, 3.05) is 19.6 Å². The van der Waals surface area contributed by atoms with Crippen LogP contribution in [0.25, 0.3) is 0 Å². The Morgan fingerprint density at radius 2 is 1.91 bits per heavy atom. The first-order chi connectivity index (χ1) is 10.3. The number of halogens is 3. The van der Waals surface area contributed by atoms with Crippen molar-refractivity contribution < 1.29 is 14.7 Å². The SMILES string of the molecule is CCCN(CC(=O)O)CC(=O)NC(C)c1ccc(Cl)c(Cl)c1.Cl. The molecule has 0 saturated heterocycles. The molecule has 0 aliphatic heterocycles. The average molecular weight is 384 g/mol. The molecule has 1 aromatic carbocycles. The first kappa shape index (κ1) is 22.0. The van der Waals surface area contributed by atoms with Gasteiger partial charge in [-0.3, -0.25) is 14.5 Å². The molecule has 5 nitrogen and oxygen atoms in total. The number of amides is 1. The van der Waals surface area contributed by atoms with Gasteiger partial charge in [-0.25, -0.2) is 0 Å². The Morgan fingerprint density at radius 1 is 1.26 bits per heavy atom. The van der Waals surface area contributed by atoms with Crippen LogP contribution in [0.15, 0.2) is 18.2 Å². The number of benzene rings is 1. The summed E-state index contributed by atoms with van der Waals surface area (Å²) in [4.78, 5) is 24.4. The summed E-state index contributed by atoms with van der Waals surface area (Å²) in [5.74, 6) is -1.17. The second-order valence-electron chi connectivity index (χ2n) is 5.07. The fourth-order valence-corrected chi connectivity index (χ4v) is 2.38. The molecule has 1 atom stereocenters. The van der Waals surface area contributed by atoms with E-state index in [9.17, 15) is 9.59 Å². The van der Waals surface area contributed by atoms with Gasteiger partial charge in [0.15, 0.2) is 0 Å². The minimum absolute atomic E-state index is 0. The van der Waals surface area contributed by atoms with Crippen molar-refractivity contribution >= 4 is 47.5 Å². The number of hydrogen-bond acceptors (Lipinski definition) is 3. The Balaban J connectivity index is 0.00000484. The van der Waals surface area contributed by atoms with Gasteiger partial charge >= 0.3 is 5.97 Å². The molecule has 0 fully saturated rings. The number of hydrogen-bond donors (Lipinski definition) is 2. The van der Waals surface area contributed by atoms with Crippen molar-refractivity contribution in [3.63, 3.8) is 0 Å². The highest BCUT2D eigenvalue weighted by molar-refractivity contribution is 6.42. The minimum Gasteiger partial charge on any atom is -0.480 e. The fourth-order valence-electron chi connectivity index (χ4n) is 2.08. The van der Waals surface area contributed by atoms with E-state index in [1.165, 1.54) is 0 Å². The van der Waals surface area contributed by atoms with Gasteiger partial charge in [0.25, 0.3) is 0 Å². The Kier molecular flexibility index (Phi) is 10.2. The Hall–Kier alpha value is -1.01. The van der Waals surface area contributed by atoms with E-state index in [1.54, 1.807) is 23.1 Å². The summed E-state index contributed by atoms with van der Waals surface area (Å²) in [7, 11) is 0. The van der Waals surface area contributed by atoms with Gasteiger partial charge in [-0.2, -0.15) is 0 Å². The van der Waals surface area contributed by atoms with Crippen LogP contribution in [-0.2, 0) is 9.59 Å². The second kappa shape index (κ2) is 10.7. The van der Waals surface area contributed by atoms with E-state index in [1.807, 2.05) is 13.8 Å². The van der Waals surface area contributed by atoms with Gasteiger partial charge in [0.2, 0.25) is 5.91 Å². The van der Waals surface area contributed by atoms with Crippen molar-refractivity contribution in [2.24, 2.45) is 0 Å². The lowest BCUT2D eigenvalue weighted by molar-refractivity contribution is -0.138. The molecule has 1 amide bonds. The summed E-state index contributed by atoms with van der Waals surface area (Å²) in [5, 5.41) is 12.6. The van der Waals surface area contributed by atoms with Crippen molar-refractivity contribution in [1.29, 1.82) is 0 Å². The largest absolute Gasteiger partial charge is 0.480 e. The number of carbonyl (C=O) groups is 2. The first-order valence-corrected chi connectivity index (χ1v) is 7.77. The number of nitrogens with one attached hydrogen (secondary N) is 1. The van der Waals surface area contributed by atoms with E-state index in [-0.39, 0.29) is 37.4 Å². The highest BCUT2D eigenvalue weighted by Crippen LogP contribution is 2.25. The van der Waals surface area contributed by atoms with Crippen molar-refractivity contribution in [3.8, 4) is 0 Å². The van der Waals surface area contributed by atoms with Crippen LogP contribution in [0.2, 0.25) is 10.0 Å². The number of rotatable bonds is 8. The van der Waals surface area contributed by atoms with Crippen LogP contribution in [-0.4, -0.2) is 41.5 Å². The molecule has 23 heavy (non-hydrogen) atoms. The monoisotopic (exact) mass is 382 g/mol. The molecule has 0 radical (unpaired) electrons. The van der Waals surface area contributed by atoms with Crippen LogP contribution < -0.4 is 5.32 Å². The third-order valence-corrected chi connectivity index (χ3v) is 3.83. The lowest BCUT2D eigenvalue weighted by Crippen LogP contribution is -2.40. The van der Waals surface area contributed by atoms with E-state index in [0.717, 1.165) is 12.0 Å². The normalized spacial score (nSPS) is 11.7. The fraction of sp³-hybridized carbons (Fsp3) is 0.467. The third kappa shape index (κ3) is 7.88. The smallest absolute Gasteiger partial charge is 0.317 e. The van der Waals surface area contributed by atoms with E-state index in [0.29, 0.717) is 16.6 Å². The maximum absolute atomic E-state index is 12.0. The van der Waals surface area contributed by atoms with Gasteiger partial charge in [-0.05, 0) is 37.6 Å². The standard InChI is InChI=1S/C15H20Cl2N2O3.ClH/c1-3-6-19(9-15(21)22)8-14(20)18-10(2)11-4-5-12(16)13(17)7-11;/h4-5,7,10H,3,6,8-9H2,1-2H3,(H,18,20)(H,21,22);1H. The topological polar surface area (TPSA) is 69.6 Å². The summed E-state index contributed by atoms with van der Waals surface area (Å²) < 4.78 is 0. The summed E-state index contributed by atoms with van der Waals surface area (Å²) in [6.07, 6.45) is 0.781. The predicted molar refractivity (Wildman–Crippen MR) is 94.6 cm³/mol. The molecule has 0 bridgehead atoms. The van der Waals surface area contributed by atoms with Gasteiger partial charge in [0.05, 0.1) is 29.2 Å². The van der Waals surface area contributed by atoms with Crippen LogP contribution in [0, 0.1) is 0 Å². The van der Waals surface area contributed by atoms with Gasteiger partial charge in [-0.15, -0.1) is 12.4 Å². The zero-order chi connectivity index (χ0) is 16.7. The molecule has 1 aromatic rings. The van der Waals surface area contributed by atoms with Gasteiger partial charge in [0, 0.05) is 0 Å². The number of carboxylic acids is 1. The van der Waals surface area contributed by atoms with Gasteiger partial charge < -0.3 is 10.4 Å². The number of nitrogens with zero attached hydrogens (tertiary/aromatic N) is 1. The van der Waals surface area contributed by atoms with Crippen LogP contribution in [0.4, 0.5) is 0 Å². The molecule has 2 N–H and O–H groups in total. The zero-order valence-corrected chi connectivity index (χ0v) is 15.3. The molecular weight excluding hydrogens is 363 g/mol. The minimum atomic E-state index is -0.946. The average Bonchev–Trinajstić information content (AvgIpc) is 2.41. The van der Waals surface area contributed by atoms with Gasteiger partial charge in [0.1, 0.15) is 0 Å². The second-order valence-corrected chi connectivity index (χ2v) is 5.88. The van der Waals surface area contributed by atoms with Gasteiger partial charge in [-0.1, -0.05) is 36.2 Å². The molecule has 0 heterocycles. The molecular formula is C15H21Cl3N2O3. The van der Waals surface area contributed by atoms with Crippen LogP contribution in [0.5, 0.6) is 0 Å². The summed E-state index contributed by atoms with van der Waals surface area (Å²) in [6, 6.07) is 4.93. The van der Waals surface area contributed by atoms with E-state index in [4.69, 9.17) is 28.3 Å². The molecule has 130 valence electrons. The number of carbonyl (C=O) groups excluding carboxylic acids is 1. The quantitative estimate of drug-likeness (QED) is 0.722. The zero-order valence-electron chi connectivity index (χ0n) is 13.0. The molecule has 0 aliphatic carbocycles.